The maximum absolute atomic E-state index is 12.4. The van der Waals surface area contributed by atoms with Gasteiger partial charge in [-0.1, -0.05) is 6.92 Å². The van der Waals surface area contributed by atoms with Crippen molar-refractivity contribution in [3.05, 3.63) is 0 Å². The molecule has 0 aromatic heterocycles. The van der Waals surface area contributed by atoms with E-state index < -0.39 is 29.7 Å². The van der Waals surface area contributed by atoms with E-state index in [0.717, 1.165) is 11.8 Å². The minimum atomic E-state index is -5.53. The quantitative estimate of drug-likeness (QED) is 0.572. The van der Waals surface area contributed by atoms with E-state index in [1.807, 2.05) is 0 Å². The Balaban J connectivity index is 3.97. The Morgan fingerprint density at radius 2 is 1.82 bits per heavy atom. The van der Waals surface area contributed by atoms with Crippen LogP contribution in [0.5, 0.6) is 0 Å². The molecule has 17 heavy (non-hydrogen) atoms. The lowest BCUT2D eigenvalue weighted by atomic mass is 10.2. The van der Waals surface area contributed by atoms with Gasteiger partial charge in [-0.05, 0) is 18.6 Å². The Bertz CT molecular complexity index is 254. The van der Waals surface area contributed by atoms with E-state index in [1.54, 1.807) is 6.92 Å². The van der Waals surface area contributed by atoms with Crippen LogP contribution in [0.25, 0.3) is 0 Å². The number of rotatable bonds is 7. The first-order valence-corrected chi connectivity index (χ1v) is 5.95. The number of hydrogen-bond acceptors (Lipinski definition) is 2. The average molecular weight is 280 g/mol. The van der Waals surface area contributed by atoms with Crippen LogP contribution < -0.4 is 0 Å². The lowest BCUT2D eigenvalue weighted by Gasteiger charge is -2.19. The Morgan fingerprint density at radius 3 is 2.18 bits per heavy atom. The second-order valence-corrected chi connectivity index (χ2v) is 4.72. The van der Waals surface area contributed by atoms with Crippen molar-refractivity contribution >= 4 is 17.7 Å². The molecule has 1 N–H and O–H groups in total. The van der Waals surface area contributed by atoms with Crippen LogP contribution in [-0.4, -0.2) is 34.2 Å². The number of thioether (sulfide) groups is 1. The predicted octanol–water partition coefficient (Wildman–Crippen LogP) is 3.56. The number of carboxylic acid groups (broad SMARTS) is 1. The number of hydrogen-bond donors (Lipinski definition) is 1. The second kappa shape index (κ2) is 6.42. The Hall–Kier alpha value is -0.530. The SMILES string of the molecule is CCC(SCCCC(F)(F)C(F)(F)F)C(=O)O. The highest BCUT2D eigenvalue weighted by atomic mass is 32.2. The van der Waals surface area contributed by atoms with E-state index in [0.29, 0.717) is 6.42 Å². The highest BCUT2D eigenvalue weighted by Gasteiger charge is 2.56. The van der Waals surface area contributed by atoms with Gasteiger partial charge in [0, 0.05) is 6.42 Å². The fourth-order valence-electron chi connectivity index (χ4n) is 1.03. The summed E-state index contributed by atoms with van der Waals surface area (Å²) in [5.74, 6) is -5.81. The summed E-state index contributed by atoms with van der Waals surface area (Å²) in [7, 11) is 0. The van der Waals surface area contributed by atoms with Crippen LogP contribution in [0.2, 0.25) is 0 Å². The zero-order valence-electron chi connectivity index (χ0n) is 9.06. The van der Waals surface area contributed by atoms with Gasteiger partial charge in [0.2, 0.25) is 0 Å². The first-order chi connectivity index (χ1) is 7.62. The van der Waals surface area contributed by atoms with E-state index in [9.17, 15) is 26.7 Å². The summed E-state index contributed by atoms with van der Waals surface area (Å²) in [6.07, 6.45) is -6.91. The Kier molecular flexibility index (Phi) is 6.22. The largest absolute Gasteiger partial charge is 0.480 e. The van der Waals surface area contributed by atoms with Crippen molar-refractivity contribution in [3.63, 3.8) is 0 Å². The van der Waals surface area contributed by atoms with E-state index in [-0.39, 0.29) is 12.2 Å². The van der Waals surface area contributed by atoms with E-state index in [1.165, 1.54) is 0 Å². The van der Waals surface area contributed by atoms with Crippen molar-refractivity contribution in [1.29, 1.82) is 0 Å². The molecule has 0 saturated heterocycles. The molecular formula is C9H13F5O2S. The van der Waals surface area contributed by atoms with Crippen LogP contribution in [-0.2, 0) is 4.79 Å². The maximum atomic E-state index is 12.4. The number of halogens is 5. The molecule has 0 fully saturated rings. The molecule has 8 heteroatoms. The van der Waals surface area contributed by atoms with Gasteiger partial charge in [0.25, 0.3) is 0 Å². The number of aliphatic carboxylic acids is 1. The lowest BCUT2D eigenvalue weighted by molar-refractivity contribution is -0.284. The van der Waals surface area contributed by atoms with Gasteiger partial charge in [0.1, 0.15) is 5.25 Å². The lowest BCUT2D eigenvalue weighted by Crippen LogP contribution is -2.36. The van der Waals surface area contributed by atoms with Gasteiger partial charge in [0.15, 0.2) is 0 Å². The molecule has 0 aromatic carbocycles. The van der Waals surface area contributed by atoms with Crippen LogP contribution in [0, 0.1) is 0 Å². The number of alkyl halides is 5. The first-order valence-electron chi connectivity index (χ1n) is 4.90. The van der Waals surface area contributed by atoms with Gasteiger partial charge < -0.3 is 5.11 Å². The topological polar surface area (TPSA) is 37.3 Å². The number of carbonyl (C=O) groups is 1. The standard InChI is InChI=1S/C9H13F5O2S/c1-2-6(7(15)16)17-5-3-4-8(10,11)9(12,13)14/h6H,2-5H2,1H3,(H,15,16). The highest BCUT2D eigenvalue weighted by molar-refractivity contribution is 8.00. The third kappa shape index (κ3) is 5.56. The molecule has 0 amide bonds. The highest BCUT2D eigenvalue weighted by Crippen LogP contribution is 2.39. The fraction of sp³-hybridized carbons (Fsp3) is 0.889. The molecule has 2 nitrogen and oxygen atoms in total. The summed E-state index contributed by atoms with van der Waals surface area (Å²) in [6.45, 7) is 1.61. The van der Waals surface area contributed by atoms with Gasteiger partial charge in [-0.15, -0.1) is 11.8 Å². The first kappa shape index (κ1) is 16.5. The summed E-state index contributed by atoms with van der Waals surface area (Å²) in [5.41, 5.74) is 0. The molecule has 0 aliphatic heterocycles. The minimum Gasteiger partial charge on any atom is -0.480 e. The summed E-state index contributed by atoms with van der Waals surface area (Å²) < 4.78 is 60.2. The maximum Gasteiger partial charge on any atom is 0.453 e. The van der Waals surface area contributed by atoms with Crippen molar-refractivity contribution in [2.75, 3.05) is 5.75 Å². The molecule has 1 unspecified atom stereocenters. The third-order valence-corrected chi connectivity index (χ3v) is 3.48. The smallest absolute Gasteiger partial charge is 0.453 e. The van der Waals surface area contributed by atoms with Gasteiger partial charge in [0.05, 0.1) is 0 Å². The van der Waals surface area contributed by atoms with Gasteiger partial charge in [-0.25, -0.2) is 0 Å². The van der Waals surface area contributed by atoms with Gasteiger partial charge in [-0.2, -0.15) is 22.0 Å². The molecule has 0 spiro atoms. The van der Waals surface area contributed by atoms with Crippen molar-refractivity contribution in [2.45, 2.75) is 43.5 Å². The van der Waals surface area contributed by atoms with E-state index in [2.05, 4.69) is 0 Å². The van der Waals surface area contributed by atoms with Crippen molar-refractivity contribution in [3.8, 4) is 0 Å². The molecule has 0 aliphatic carbocycles. The Morgan fingerprint density at radius 1 is 1.29 bits per heavy atom. The van der Waals surface area contributed by atoms with E-state index >= 15 is 0 Å². The fourth-order valence-corrected chi connectivity index (χ4v) is 2.00. The molecule has 0 aliphatic rings. The van der Waals surface area contributed by atoms with Crippen LogP contribution in [0.4, 0.5) is 22.0 Å². The molecule has 0 bridgehead atoms. The normalized spacial score (nSPS) is 14.7. The molecule has 0 aromatic rings. The Labute approximate surface area is 99.6 Å². The zero-order chi connectivity index (χ0) is 13.7. The van der Waals surface area contributed by atoms with Crippen LogP contribution in [0.15, 0.2) is 0 Å². The second-order valence-electron chi connectivity index (χ2n) is 3.41. The van der Waals surface area contributed by atoms with Crippen LogP contribution in [0.3, 0.4) is 0 Å². The van der Waals surface area contributed by atoms with Crippen LogP contribution in [0.1, 0.15) is 26.2 Å². The zero-order valence-corrected chi connectivity index (χ0v) is 9.88. The summed E-state index contributed by atoms with van der Waals surface area (Å²) in [4.78, 5) is 10.5. The minimum absolute atomic E-state index is 0.0313. The summed E-state index contributed by atoms with van der Waals surface area (Å²) in [6, 6.07) is 0. The molecular weight excluding hydrogens is 267 g/mol. The molecule has 0 rings (SSSR count). The van der Waals surface area contributed by atoms with Crippen LogP contribution >= 0.6 is 11.8 Å². The third-order valence-electron chi connectivity index (χ3n) is 2.02. The average Bonchev–Trinajstić information content (AvgIpc) is 2.15. The van der Waals surface area contributed by atoms with Gasteiger partial charge >= 0.3 is 18.1 Å². The summed E-state index contributed by atoms with van der Waals surface area (Å²) >= 11 is 0.881. The van der Waals surface area contributed by atoms with E-state index in [4.69, 9.17) is 5.11 Å². The van der Waals surface area contributed by atoms with Crippen molar-refractivity contribution in [2.24, 2.45) is 0 Å². The predicted molar refractivity (Wildman–Crippen MR) is 54.4 cm³/mol. The monoisotopic (exact) mass is 280 g/mol. The molecule has 0 heterocycles. The van der Waals surface area contributed by atoms with Crippen molar-refractivity contribution < 1.29 is 31.9 Å². The molecule has 0 radical (unpaired) electrons. The van der Waals surface area contributed by atoms with Crippen molar-refractivity contribution in [1.82, 2.24) is 0 Å². The number of carboxylic acids is 1. The molecule has 0 saturated carbocycles. The molecule has 1 atom stereocenters. The summed E-state index contributed by atoms with van der Waals surface area (Å²) in [5, 5.41) is 7.86. The van der Waals surface area contributed by atoms with Gasteiger partial charge in [-0.3, -0.25) is 4.79 Å². The molecule has 102 valence electrons.